The zero-order chi connectivity index (χ0) is 15.9. The molecule has 112 valence electrons. The molecule has 0 bridgehead atoms. The van der Waals surface area contributed by atoms with Crippen LogP contribution in [-0.2, 0) is 10.6 Å². The Labute approximate surface area is 127 Å². The molecule has 0 saturated carbocycles. The lowest BCUT2D eigenvalue weighted by atomic mass is 9.93. The van der Waals surface area contributed by atoms with Crippen LogP contribution in [0.15, 0.2) is 48.5 Å². The minimum Gasteiger partial charge on any atom is -0.359 e. The van der Waals surface area contributed by atoms with Crippen LogP contribution in [0.4, 0.5) is 0 Å². The Kier molecular flexibility index (Phi) is 3.31. The van der Waals surface area contributed by atoms with Crippen molar-refractivity contribution in [3.8, 4) is 0 Å². The first-order chi connectivity index (χ1) is 10.5. The quantitative estimate of drug-likeness (QED) is 0.880. The van der Waals surface area contributed by atoms with E-state index in [9.17, 15) is 14.7 Å². The Morgan fingerprint density at radius 3 is 2.41 bits per heavy atom. The molecule has 1 heterocycles. The molecule has 1 amide bonds. The summed E-state index contributed by atoms with van der Waals surface area (Å²) in [6.45, 7) is 1.90. The van der Waals surface area contributed by atoms with Gasteiger partial charge in [-0.15, -0.1) is 0 Å². The number of fused-ring (bicyclic) bond motifs is 1. The van der Waals surface area contributed by atoms with Gasteiger partial charge in [-0.2, -0.15) is 5.06 Å². The van der Waals surface area contributed by atoms with Crippen LogP contribution >= 0.6 is 0 Å². The number of Topliss-reactive ketones (excluding diaryl/α,β-unsaturated/α-hetero) is 1. The first kappa shape index (κ1) is 14.4. The number of hydroxylamine groups is 2. The highest BCUT2D eigenvalue weighted by Crippen LogP contribution is 2.39. The van der Waals surface area contributed by atoms with Crippen molar-refractivity contribution < 1.29 is 19.5 Å². The third-order valence-corrected chi connectivity index (χ3v) is 3.82. The number of aliphatic hydroxyl groups is 1. The maximum atomic E-state index is 12.8. The smallest absolute Gasteiger partial charge is 0.281 e. The summed E-state index contributed by atoms with van der Waals surface area (Å²) in [5, 5.41) is 11.7. The lowest BCUT2D eigenvalue weighted by Gasteiger charge is -2.30. The van der Waals surface area contributed by atoms with E-state index in [-0.39, 0.29) is 11.1 Å². The summed E-state index contributed by atoms with van der Waals surface area (Å²) < 4.78 is 0. The molecule has 0 spiro atoms. The SMILES string of the molecule is CON1C(=O)c2ccccc2C1(O)C(=O)c1ccc(C)cc1. The van der Waals surface area contributed by atoms with Gasteiger partial charge in [-0.1, -0.05) is 48.0 Å². The molecule has 2 aromatic rings. The molecular formula is C17H15NO4. The van der Waals surface area contributed by atoms with Crippen molar-refractivity contribution in [3.63, 3.8) is 0 Å². The second-order valence-electron chi connectivity index (χ2n) is 5.20. The Morgan fingerprint density at radius 2 is 1.77 bits per heavy atom. The number of benzene rings is 2. The van der Waals surface area contributed by atoms with E-state index in [0.717, 1.165) is 10.6 Å². The molecule has 0 aliphatic carbocycles. The number of hydrogen-bond acceptors (Lipinski definition) is 4. The zero-order valence-corrected chi connectivity index (χ0v) is 12.2. The predicted octanol–water partition coefficient (Wildman–Crippen LogP) is 2.04. The van der Waals surface area contributed by atoms with Crippen LogP contribution in [0, 0.1) is 6.92 Å². The predicted molar refractivity (Wildman–Crippen MR) is 79.0 cm³/mol. The van der Waals surface area contributed by atoms with Gasteiger partial charge in [0.2, 0.25) is 5.78 Å². The summed E-state index contributed by atoms with van der Waals surface area (Å²) in [6.07, 6.45) is 0. The van der Waals surface area contributed by atoms with Gasteiger partial charge in [-0.25, -0.2) is 0 Å². The van der Waals surface area contributed by atoms with Gasteiger partial charge < -0.3 is 5.11 Å². The van der Waals surface area contributed by atoms with Gasteiger partial charge in [-0.3, -0.25) is 14.4 Å². The number of nitrogens with zero attached hydrogens (tertiary/aromatic N) is 1. The van der Waals surface area contributed by atoms with E-state index in [1.165, 1.54) is 7.11 Å². The molecule has 1 unspecified atom stereocenters. The number of rotatable bonds is 3. The van der Waals surface area contributed by atoms with Crippen molar-refractivity contribution in [1.82, 2.24) is 5.06 Å². The van der Waals surface area contributed by atoms with E-state index < -0.39 is 17.4 Å². The number of carbonyl (C=O) groups is 2. The number of amides is 1. The fourth-order valence-corrected chi connectivity index (χ4v) is 2.68. The van der Waals surface area contributed by atoms with Gasteiger partial charge in [0.1, 0.15) is 0 Å². The topological polar surface area (TPSA) is 66.8 Å². The minimum atomic E-state index is -2.16. The van der Waals surface area contributed by atoms with E-state index in [4.69, 9.17) is 4.84 Å². The first-order valence-electron chi connectivity index (χ1n) is 6.82. The zero-order valence-electron chi connectivity index (χ0n) is 12.2. The molecule has 5 nitrogen and oxygen atoms in total. The maximum absolute atomic E-state index is 12.8. The molecule has 0 aromatic heterocycles. The van der Waals surface area contributed by atoms with E-state index in [2.05, 4.69) is 0 Å². The fraction of sp³-hybridized carbons (Fsp3) is 0.176. The van der Waals surface area contributed by atoms with Crippen molar-refractivity contribution in [2.75, 3.05) is 7.11 Å². The van der Waals surface area contributed by atoms with Gasteiger partial charge in [-0.05, 0) is 13.0 Å². The van der Waals surface area contributed by atoms with Crippen molar-refractivity contribution in [2.45, 2.75) is 12.6 Å². The first-order valence-corrected chi connectivity index (χ1v) is 6.82. The molecule has 5 heteroatoms. The number of aryl methyl sites for hydroxylation is 1. The van der Waals surface area contributed by atoms with E-state index in [0.29, 0.717) is 5.56 Å². The lowest BCUT2D eigenvalue weighted by molar-refractivity contribution is -0.217. The van der Waals surface area contributed by atoms with Gasteiger partial charge >= 0.3 is 0 Å². The van der Waals surface area contributed by atoms with Crippen molar-refractivity contribution in [2.24, 2.45) is 0 Å². The highest BCUT2D eigenvalue weighted by Gasteiger charge is 2.55. The second-order valence-corrected chi connectivity index (χ2v) is 5.20. The fourth-order valence-electron chi connectivity index (χ4n) is 2.68. The molecule has 22 heavy (non-hydrogen) atoms. The minimum absolute atomic E-state index is 0.229. The second kappa shape index (κ2) is 5.05. The molecule has 1 aliphatic heterocycles. The highest BCUT2D eigenvalue weighted by atomic mass is 16.7. The van der Waals surface area contributed by atoms with Crippen molar-refractivity contribution in [3.05, 3.63) is 70.8 Å². The highest BCUT2D eigenvalue weighted by molar-refractivity contribution is 6.11. The summed E-state index contributed by atoms with van der Waals surface area (Å²) >= 11 is 0. The Balaban J connectivity index is 2.16. The maximum Gasteiger partial charge on any atom is 0.281 e. The van der Waals surface area contributed by atoms with Crippen LogP contribution in [0.3, 0.4) is 0 Å². The Bertz CT molecular complexity index is 754. The third kappa shape index (κ3) is 1.87. The summed E-state index contributed by atoms with van der Waals surface area (Å²) in [4.78, 5) is 30.2. The van der Waals surface area contributed by atoms with Crippen LogP contribution in [-0.4, -0.2) is 29.0 Å². The van der Waals surface area contributed by atoms with E-state index in [1.807, 2.05) is 6.92 Å². The molecule has 0 radical (unpaired) electrons. The van der Waals surface area contributed by atoms with Gasteiger partial charge in [0.15, 0.2) is 0 Å². The standard InChI is InChI=1S/C17H15NO4/c1-11-7-9-12(10-8-11)15(19)17(21)14-6-4-3-5-13(14)16(20)18(17)22-2/h3-10,21H,1-2H3. The Morgan fingerprint density at radius 1 is 1.14 bits per heavy atom. The molecule has 0 saturated heterocycles. The molecule has 2 aromatic carbocycles. The van der Waals surface area contributed by atoms with Crippen LogP contribution in [0.25, 0.3) is 0 Å². The summed E-state index contributed by atoms with van der Waals surface area (Å²) in [6, 6.07) is 13.2. The Hall–Kier alpha value is -2.50. The average Bonchev–Trinajstić information content (AvgIpc) is 2.76. The molecule has 1 N–H and O–H groups in total. The average molecular weight is 297 g/mol. The summed E-state index contributed by atoms with van der Waals surface area (Å²) in [5.74, 6) is -1.14. The normalized spacial score (nSPS) is 20.1. The molecular weight excluding hydrogens is 282 g/mol. The van der Waals surface area contributed by atoms with Crippen LogP contribution in [0.5, 0.6) is 0 Å². The molecule has 1 atom stereocenters. The molecule has 1 aliphatic rings. The van der Waals surface area contributed by atoms with Gasteiger partial charge in [0.05, 0.1) is 12.7 Å². The van der Waals surface area contributed by atoms with Crippen molar-refractivity contribution >= 4 is 11.7 Å². The summed E-state index contributed by atoms with van der Waals surface area (Å²) in [7, 11) is 1.25. The molecule has 3 rings (SSSR count). The van der Waals surface area contributed by atoms with Crippen LogP contribution in [0.1, 0.15) is 31.8 Å². The number of ketones is 1. The van der Waals surface area contributed by atoms with Crippen molar-refractivity contribution in [1.29, 1.82) is 0 Å². The largest absolute Gasteiger partial charge is 0.359 e. The van der Waals surface area contributed by atoms with Gasteiger partial charge in [0, 0.05) is 11.1 Å². The third-order valence-electron chi connectivity index (χ3n) is 3.82. The lowest BCUT2D eigenvalue weighted by Crippen LogP contribution is -2.49. The monoisotopic (exact) mass is 297 g/mol. The summed E-state index contributed by atoms with van der Waals surface area (Å²) in [5.41, 5.74) is -0.369. The number of hydrogen-bond donors (Lipinski definition) is 1. The van der Waals surface area contributed by atoms with Crippen LogP contribution < -0.4 is 0 Å². The molecule has 0 fully saturated rings. The van der Waals surface area contributed by atoms with E-state index in [1.54, 1.807) is 48.5 Å². The van der Waals surface area contributed by atoms with E-state index >= 15 is 0 Å². The van der Waals surface area contributed by atoms with Gasteiger partial charge in [0.25, 0.3) is 11.6 Å². The number of carbonyl (C=O) groups excluding carboxylic acids is 2. The van der Waals surface area contributed by atoms with Crippen LogP contribution in [0.2, 0.25) is 0 Å².